The van der Waals surface area contributed by atoms with E-state index in [1.807, 2.05) is 48.5 Å². The molecule has 0 spiro atoms. The second-order valence-electron chi connectivity index (χ2n) is 10.1. The Morgan fingerprint density at radius 3 is 2.37 bits per heavy atom. The number of amides is 1. The van der Waals surface area contributed by atoms with Crippen LogP contribution in [-0.4, -0.2) is 31.5 Å². The number of benzene rings is 4. The number of carbonyl (C=O) groups is 1. The second-order valence-corrected chi connectivity index (χ2v) is 10.1. The fourth-order valence-electron chi connectivity index (χ4n) is 5.41. The van der Waals surface area contributed by atoms with E-state index in [-0.39, 0.29) is 25.0 Å². The van der Waals surface area contributed by atoms with Gasteiger partial charge in [-0.2, -0.15) is 0 Å². The van der Waals surface area contributed by atoms with Gasteiger partial charge in [-0.1, -0.05) is 54.6 Å². The lowest BCUT2D eigenvalue weighted by molar-refractivity contribution is -0.121. The Kier molecular flexibility index (Phi) is 7.50. The molecule has 1 atom stereocenters. The van der Waals surface area contributed by atoms with Gasteiger partial charge in [0.15, 0.2) is 11.5 Å². The highest BCUT2D eigenvalue weighted by Gasteiger charge is 2.24. The Balaban J connectivity index is 1.35. The normalized spacial score (nSPS) is 12.7. The van der Waals surface area contributed by atoms with E-state index in [1.54, 1.807) is 14.2 Å². The lowest BCUT2D eigenvalue weighted by atomic mass is 9.87. The summed E-state index contributed by atoms with van der Waals surface area (Å²) in [7, 11) is 3.27. The second kappa shape index (κ2) is 11.7. The Labute approximate surface area is 239 Å². The Bertz CT molecular complexity index is 1660. The Hall–Kier alpha value is -4.91. The van der Waals surface area contributed by atoms with Crippen molar-refractivity contribution >= 4 is 16.8 Å². The largest absolute Gasteiger partial charge is 0.497 e. The summed E-state index contributed by atoms with van der Waals surface area (Å²) >= 11 is 0. The molecule has 0 aliphatic carbocycles. The van der Waals surface area contributed by atoms with Crippen LogP contribution in [0.25, 0.3) is 10.9 Å². The molecule has 0 saturated carbocycles. The van der Waals surface area contributed by atoms with Crippen molar-refractivity contribution in [1.29, 1.82) is 0 Å². The average molecular weight is 549 g/mol. The van der Waals surface area contributed by atoms with Crippen LogP contribution < -0.4 is 24.3 Å². The molecular weight excluding hydrogens is 516 g/mol. The number of nitrogens with zero attached hydrogens (tertiary/aromatic N) is 1. The minimum atomic E-state index is -0.238. The van der Waals surface area contributed by atoms with Crippen LogP contribution in [-0.2, 0) is 17.9 Å². The minimum Gasteiger partial charge on any atom is -0.497 e. The van der Waals surface area contributed by atoms with E-state index in [0.29, 0.717) is 23.8 Å². The minimum absolute atomic E-state index is 0.0608. The zero-order chi connectivity index (χ0) is 28.2. The third-order valence-corrected chi connectivity index (χ3v) is 7.48. The summed E-state index contributed by atoms with van der Waals surface area (Å²) in [6.07, 6.45) is 2.43. The predicted molar refractivity (Wildman–Crippen MR) is 158 cm³/mol. The molecule has 1 aromatic heterocycles. The van der Waals surface area contributed by atoms with Crippen LogP contribution in [0.3, 0.4) is 0 Å². The van der Waals surface area contributed by atoms with Crippen LogP contribution in [0, 0.1) is 0 Å². The molecule has 0 radical (unpaired) electrons. The van der Waals surface area contributed by atoms with Crippen LogP contribution in [0.15, 0.2) is 97.2 Å². The van der Waals surface area contributed by atoms with Crippen LogP contribution in [0.4, 0.5) is 0 Å². The molecule has 1 N–H and O–H groups in total. The number of hydrogen-bond acceptors (Lipinski definition) is 5. The molecule has 1 aliphatic rings. The highest BCUT2D eigenvalue weighted by molar-refractivity contribution is 5.87. The quantitative estimate of drug-likeness (QED) is 0.223. The van der Waals surface area contributed by atoms with Crippen molar-refractivity contribution in [2.24, 2.45) is 0 Å². The van der Waals surface area contributed by atoms with Gasteiger partial charge < -0.3 is 28.8 Å². The molecule has 1 unspecified atom stereocenters. The number of nitrogens with one attached hydrogen (secondary N) is 1. The summed E-state index contributed by atoms with van der Waals surface area (Å²) in [5.74, 6) is 2.48. The molecule has 1 amide bonds. The van der Waals surface area contributed by atoms with Crippen LogP contribution in [0.2, 0.25) is 0 Å². The molecule has 1 aliphatic heterocycles. The third-order valence-electron chi connectivity index (χ3n) is 7.48. The summed E-state index contributed by atoms with van der Waals surface area (Å²) in [5, 5.41) is 4.22. The van der Waals surface area contributed by atoms with E-state index >= 15 is 0 Å². The lowest BCUT2D eigenvalue weighted by Gasteiger charge is -2.19. The first-order valence-electron chi connectivity index (χ1n) is 13.6. The van der Waals surface area contributed by atoms with E-state index in [4.69, 9.17) is 18.9 Å². The smallest absolute Gasteiger partial charge is 0.231 e. The van der Waals surface area contributed by atoms with Gasteiger partial charge in [-0.15, -0.1) is 0 Å². The molecule has 0 bridgehead atoms. The van der Waals surface area contributed by atoms with Crippen molar-refractivity contribution in [2.45, 2.75) is 25.4 Å². The number of rotatable bonds is 10. The van der Waals surface area contributed by atoms with Gasteiger partial charge in [0.2, 0.25) is 12.7 Å². The van der Waals surface area contributed by atoms with E-state index in [2.05, 4.69) is 58.5 Å². The van der Waals surface area contributed by atoms with E-state index in [0.717, 1.165) is 39.9 Å². The van der Waals surface area contributed by atoms with Gasteiger partial charge in [0.1, 0.15) is 11.5 Å². The molecule has 4 aromatic carbocycles. The van der Waals surface area contributed by atoms with Crippen LogP contribution >= 0.6 is 0 Å². The molecule has 2 heterocycles. The van der Waals surface area contributed by atoms with Gasteiger partial charge in [-0.25, -0.2) is 0 Å². The summed E-state index contributed by atoms with van der Waals surface area (Å²) < 4.78 is 24.4. The summed E-state index contributed by atoms with van der Waals surface area (Å²) in [4.78, 5) is 13.5. The van der Waals surface area contributed by atoms with E-state index in [9.17, 15) is 4.79 Å². The van der Waals surface area contributed by atoms with Gasteiger partial charge in [0.25, 0.3) is 0 Å². The lowest BCUT2D eigenvalue weighted by Crippen LogP contribution is -2.25. The first-order chi connectivity index (χ1) is 20.1. The van der Waals surface area contributed by atoms with Gasteiger partial charge in [-0.3, -0.25) is 4.79 Å². The number of carbonyl (C=O) groups excluding carboxylic acids is 1. The molecule has 0 saturated heterocycles. The van der Waals surface area contributed by atoms with Crippen molar-refractivity contribution in [2.75, 3.05) is 21.0 Å². The van der Waals surface area contributed by atoms with Crippen molar-refractivity contribution in [1.82, 2.24) is 9.88 Å². The Morgan fingerprint density at radius 2 is 1.59 bits per heavy atom. The van der Waals surface area contributed by atoms with Gasteiger partial charge >= 0.3 is 0 Å². The van der Waals surface area contributed by atoms with E-state index < -0.39 is 0 Å². The van der Waals surface area contributed by atoms with E-state index in [1.165, 1.54) is 5.56 Å². The summed E-state index contributed by atoms with van der Waals surface area (Å²) in [6, 6.07) is 30.3. The van der Waals surface area contributed by atoms with Gasteiger partial charge in [0, 0.05) is 48.6 Å². The first-order valence-corrected chi connectivity index (χ1v) is 13.6. The van der Waals surface area contributed by atoms with Crippen molar-refractivity contribution in [3.05, 3.63) is 119 Å². The predicted octanol–water partition coefficient (Wildman–Crippen LogP) is 6.27. The highest BCUT2D eigenvalue weighted by Crippen LogP contribution is 2.38. The number of methoxy groups -OCH3 is 2. The van der Waals surface area contributed by atoms with Crippen molar-refractivity contribution < 1.29 is 23.7 Å². The number of fused-ring (bicyclic) bond motifs is 2. The molecule has 6 rings (SSSR count). The number of ether oxygens (including phenoxy) is 4. The fraction of sp³-hybridized carbons (Fsp3) is 0.206. The SMILES string of the molecule is COc1cc(OC)cc(C(CC(=O)NCc2ccc3c(c2)OCO3)c2cn(Cc3ccccc3)c3ccccc23)c1. The molecule has 0 fully saturated rings. The molecule has 7 nitrogen and oxygen atoms in total. The summed E-state index contributed by atoms with van der Waals surface area (Å²) in [5.41, 5.74) is 5.29. The zero-order valence-electron chi connectivity index (χ0n) is 23.1. The molecular formula is C34H32N2O5. The number of aromatic nitrogens is 1. The molecule has 7 heteroatoms. The number of para-hydroxylation sites is 1. The topological polar surface area (TPSA) is 71.0 Å². The van der Waals surface area contributed by atoms with Crippen molar-refractivity contribution in [3.8, 4) is 23.0 Å². The molecule has 5 aromatic rings. The average Bonchev–Trinajstić information content (AvgIpc) is 3.63. The fourth-order valence-corrected chi connectivity index (χ4v) is 5.41. The highest BCUT2D eigenvalue weighted by atomic mass is 16.7. The summed E-state index contributed by atoms with van der Waals surface area (Å²) in [6.45, 7) is 1.33. The van der Waals surface area contributed by atoms with Crippen LogP contribution in [0.5, 0.6) is 23.0 Å². The third kappa shape index (κ3) is 5.70. The standard InChI is InChI=1S/C34H32N2O5/c1-38-26-15-25(16-27(17-26)39-2)29(18-34(37)35-19-24-12-13-32-33(14-24)41-22-40-32)30-21-36(20-23-8-4-3-5-9-23)31-11-7-6-10-28(30)31/h3-17,21,29H,18-20,22H2,1-2H3,(H,35,37). The first kappa shape index (κ1) is 26.3. The maximum Gasteiger partial charge on any atom is 0.231 e. The Morgan fingerprint density at radius 1 is 0.854 bits per heavy atom. The molecule has 208 valence electrons. The zero-order valence-corrected chi connectivity index (χ0v) is 23.1. The van der Waals surface area contributed by atoms with Crippen molar-refractivity contribution in [3.63, 3.8) is 0 Å². The van der Waals surface area contributed by atoms with Gasteiger partial charge in [-0.05, 0) is 52.6 Å². The van der Waals surface area contributed by atoms with Gasteiger partial charge in [0.05, 0.1) is 14.2 Å². The molecule has 41 heavy (non-hydrogen) atoms. The monoisotopic (exact) mass is 548 g/mol. The van der Waals surface area contributed by atoms with Crippen LogP contribution in [0.1, 0.15) is 34.6 Å². The number of hydrogen-bond donors (Lipinski definition) is 1. The maximum atomic E-state index is 13.5. The maximum absolute atomic E-state index is 13.5.